The number of β-amino-alcohol motifs (C(OH)–C–C–N with tert-alkyl or cyclic N) is 1. The molecule has 0 saturated heterocycles. The normalized spacial score (nSPS) is 19.1. The Kier molecular flexibility index (Phi) is 5.28. The molecule has 4 heteroatoms. The van der Waals surface area contributed by atoms with E-state index in [4.69, 9.17) is 10.5 Å². The number of hydrogen-bond acceptors (Lipinski definition) is 4. The molecule has 0 saturated carbocycles. The van der Waals surface area contributed by atoms with Crippen molar-refractivity contribution < 1.29 is 9.84 Å². The smallest absolute Gasteiger partial charge is 0.119 e. The minimum Gasteiger partial charge on any atom is -0.491 e. The van der Waals surface area contributed by atoms with Crippen molar-refractivity contribution in [3.8, 4) is 5.75 Å². The summed E-state index contributed by atoms with van der Waals surface area (Å²) in [6.07, 6.45) is 0.466. The van der Waals surface area contributed by atoms with E-state index in [0.29, 0.717) is 19.7 Å². The average Bonchev–Trinajstić information content (AvgIpc) is 2.60. The highest BCUT2D eigenvalue weighted by atomic mass is 16.5. The van der Waals surface area contributed by atoms with Gasteiger partial charge < -0.3 is 15.6 Å². The molecule has 3 N–H and O–H groups in total. The summed E-state index contributed by atoms with van der Waals surface area (Å²) < 4.78 is 5.64. The van der Waals surface area contributed by atoms with Gasteiger partial charge in [0.25, 0.3) is 0 Å². The second kappa shape index (κ2) is 7.59. The third-order valence-electron chi connectivity index (χ3n) is 4.38. The van der Waals surface area contributed by atoms with E-state index in [9.17, 15) is 5.11 Å². The van der Waals surface area contributed by atoms with Crippen LogP contribution in [0.2, 0.25) is 0 Å². The second-order valence-corrected chi connectivity index (χ2v) is 5.97. The SMILES string of the molecule is NCC1c2ccccc2CCN1CC(O)COc1ccccc1. The first-order chi connectivity index (χ1) is 11.3. The highest BCUT2D eigenvalue weighted by molar-refractivity contribution is 5.32. The van der Waals surface area contributed by atoms with Gasteiger partial charge in [0.2, 0.25) is 0 Å². The Balaban J connectivity index is 1.59. The maximum Gasteiger partial charge on any atom is 0.119 e. The molecular formula is C19H24N2O2. The number of hydrogen-bond donors (Lipinski definition) is 2. The van der Waals surface area contributed by atoms with Crippen molar-refractivity contribution in [2.75, 3.05) is 26.2 Å². The molecule has 23 heavy (non-hydrogen) atoms. The minimum atomic E-state index is -0.533. The Morgan fingerprint density at radius 1 is 1.13 bits per heavy atom. The van der Waals surface area contributed by atoms with Gasteiger partial charge >= 0.3 is 0 Å². The van der Waals surface area contributed by atoms with Gasteiger partial charge in [0, 0.05) is 25.7 Å². The molecule has 1 heterocycles. The fourth-order valence-electron chi connectivity index (χ4n) is 3.23. The molecule has 1 aliphatic heterocycles. The molecule has 4 nitrogen and oxygen atoms in total. The molecule has 0 bridgehead atoms. The molecule has 0 fully saturated rings. The van der Waals surface area contributed by atoms with Crippen LogP contribution < -0.4 is 10.5 Å². The molecule has 2 aromatic carbocycles. The number of ether oxygens (including phenoxy) is 1. The lowest BCUT2D eigenvalue weighted by molar-refractivity contribution is 0.0500. The quantitative estimate of drug-likeness (QED) is 0.856. The second-order valence-electron chi connectivity index (χ2n) is 5.97. The largest absolute Gasteiger partial charge is 0.491 e. The van der Waals surface area contributed by atoms with Gasteiger partial charge in [-0.05, 0) is 29.7 Å². The third kappa shape index (κ3) is 3.91. The van der Waals surface area contributed by atoms with Crippen LogP contribution >= 0.6 is 0 Å². The number of benzene rings is 2. The molecule has 0 aliphatic carbocycles. The highest BCUT2D eigenvalue weighted by Gasteiger charge is 2.27. The van der Waals surface area contributed by atoms with Crippen LogP contribution in [0.1, 0.15) is 17.2 Å². The van der Waals surface area contributed by atoms with Gasteiger partial charge in [-0.2, -0.15) is 0 Å². The lowest BCUT2D eigenvalue weighted by Gasteiger charge is -2.37. The Morgan fingerprint density at radius 2 is 1.87 bits per heavy atom. The van der Waals surface area contributed by atoms with Crippen molar-refractivity contribution in [2.24, 2.45) is 5.73 Å². The summed E-state index contributed by atoms with van der Waals surface area (Å²) in [7, 11) is 0. The van der Waals surface area contributed by atoms with E-state index in [1.165, 1.54) is 11.1 Å². The van der Waals surface area contributed by atoms with Crippen LogP contribution in [0, 0.1) is 0 Å². The van der Waals surface area contributed by atoms with Crippen molar-refractivity contribution in [3.63, 3.8) is 0 Å². The van der Waals surface area contributed by atoms with E-state index in [2.05, 4.69) is 29.2 Å². The molecule has 0 aromatic heterocycles. The Bertz CT molecular complexity index is 618. The molecule has 2 aromatic rings. The van der Waals surface area contributed by atoms with E-state index in [0.717, 1.165) is 18.7 Å². The zero-order chi connectivity index (χ0) is 16.1. The van der Waals surface area contributed by atoms with E-state index >= 15 is 0 Å². The highest BCUT2D eigenvalue weighted by Crippen LogP contribution is 2.28. The third-order valence-corrected chi connectivity index (χ3v) is 4.38. The van der Waals surface area contributed by atoms with Crippen molar-refractivity contribution >= 4 is 0 Å². The van der Waals surface area contributed by atoms with Crippen LogP contribution in [0.4, 0.5) is 0 Å². The van der Waals surface area contributed by atoms with E-state index < -0.39 is 6.10 Å². The van der Waals surface area contributed by atoms with Crippen molar-refractivity contribution in [1.29, 1.82) is 0 Å². The van der Waals surface area contributed by atoms with Crippen LogP contribution in [0.5, 0.6) is 5.75 Å². The summed E-state index contributed by atoms with van der Waals surface area (Å²) in [5.74, 6) is 0.783. The average molecular weight is 312 g/mol. The number of aliphatic hydroxyl groups is 1. The van der Waals surface area contributed by atoms with Gasteiger partial charge in [0.1, 0.15) is 18.5 Å². The number of nitrogens with zero attached hydrogens (tertiary/aromatic N) is 1. The molecule has 0 spiro atoms. The predicted molar refractivity (Wildman–Crippen MR) is 91.5 cm³/mol. The van der Waals surface area contributed by atoms with Gasteiger partial charge in [-0.15, -0.1) is 0 Å². The summed E-state index contributed by atoms with van der Waals surface area (Å²) in [5, 5.41) is 10.3. The maximum atomic E-state index is 10.3. The van der Waals surface area contributed by atoms with Gasteiger partial charge in [0.05, 0.1) is 0 Å². The van der Waals surface area contributed by atoms with Gasteiger partial charge in [-0.3, -0.25) is 4.90 Å². The molecule has 122 valence electrons. The van der Waals surface area contributed by atoms with E-state index in [-0.39, 0.29) is 6.04 Å². The van der Waals surface area contributed by atoms with Crippen LogP contribution in [-0.2, 0) is 6.42 Å². The number of para-hydroxylation sites is 1. The summed E-state index contributed by atoms with van der Waals surface area (Å²) in [6.45, 7) is 2.34. The fourth-order valence-corrected chi connectivity index (χ4v) is 3.23. The zero-order valence-electron chi connectivity index (χ0n) is 13.3. The standard InChI is InChI=1S/C19H24N2O2/c20-12-19-18-9-5-4-6-15(18)10-11-21(19)13-16(22)14-23-17-7-2-1-3-8-17/h1-9,16,19,22H,10-14,20H2. The lowest BCUT2D eigenvalue weighted by Crippen LogP contribution is -2.44. The first-order valence-electron chi connectivity index (χ1n) is 8.15. The van der Waals surface area contributed by atoms with Crippen LogP contribution in [0.3, 0.4) is 0 Å². The molecule has 3 rings (SSSR count). The van der Waals surface area contributed by atoms with E-state index in [1.807, 2.05) is 30.3 Å². The van der Waals surface area contributed by atoms with Gasteiger partial charge in [0.15, 0.2) is 0 Å². The molecule has 2 atom stereocenters. The van der Waals surface area contributed by atoms with Crippen LogP contribution in [-0.4, -0.2) is 42.4 Å². The van der Waals surface area contributed by atoms with Crippen molar-refractivity contribution in [2.45, 2.75) is 18.6 Å². The zero-order valence-corrected chi connectivity index (χ0v) is 13.3. The Morgan fingerprint density at radius 3 is 2.65 bits per heavy atom. The summed E-state index contributed by atoms with van der Waals surface area (Å²) in [5.41, 5.74) is 8.65. The van der Waals surface area contributed by atoms with Gasteiger partial charge in [-0.25, -0.2) is 0 Å². The van der Waals surface area contributed by atoms with Crippen LogP contribution in [0.25, 0.3) is 0 Å². The first-order valence-corrected chi connectivity index (χ1v) is 8.15. The monoisotopic (exact) mass is 312 g/mol. The minimum absolute atomic E-state index is 0.173. The number of rotatable bonds is 6. The summed E-state index contributed by atoms with van der Waals surface area (Å²) >= 11 is 0. The number of fused-ring (bicyclic) bond motifs is 1. The Labute approximate surface area is 137 Å². The van der Waals surface area contributed by atoms with Crippen LogP contribution in [0.15, 0.2) is 54.6 Å². The fraction of sp³-hybridized carbons (Fsp3) is 0.368. The maximum absolute atomic E-state index is 10.3. The molecule has 2 unspecified atom stereocenters. The number of aliphatic hydroxyl groups excluding tert-OH is 1. The molecule has 1 aliphatic rings. The molecule has 0 radical (unpaired) electrons. The van der Waals surface area contributed by atoms with E-state index in [1.54, 1.807) is 0 Å². The Hall–Kier alpha value is -1.88. The summed E-state index contributed by atoms with van der Waals surface area (Å²) in [6, 6.07) is 18.2. The van der Waals surface area contributed by atoms with Crippen molar-refractivity contribution in [1.82, 2.24) is 4.90 Å². The predicted octanol–water partition coefficient (Wildman–Crippen LogP) is 1.98. The van der Waals surface area contributed by atoms with Crippen molar-refractivity contribution in [3.05, 3.63) is 65.7 Å². The molecule has 0 amide bonds. The van der Waals surface area contributed by atoms with Gasteiger partial charge in [-0.1, -0.05) is 42.5 Å². The summed E-state index contributed by atoms with van der Waals surface area (Å²) in [4.78, 5) is 2.27. The number of nitrogens with two attached hydrogens (primary N) is 1. The topological polar surface area (TPSA) is 58.7 Å². The first kappa shape index (κ1) is 16.0. The lowest BCUT2D eigenvalue weighted by atomic mass is 9.92. The molecular weight excluding hydrogens is 288 g/mol.